The number of hydrogen-bond donors (Lipinski definition) is 0. The molecule has 0 saturated carbocycles. The van der Waals surface area contributed by atoms with Crippen LogP contribution in [-0.4, -0.2) is 24.1 Å². The maximum atomic E-state index is 12.5. The van der Waals surface area contributed by atoms with E-state index in [1.165, 1.54) is 0 Å². The summed E-state index contributed by atoms with van der Waals surface area (Å²) in [5.41, 5.74) is 3.19. The highest BCUT2D eigenvalue weighted by molar-refractivity contribution is 5.96. The molecule has 1 rings (SSSR count). The van der Waals surface area contributed by atoms with E-state index < -0.39 is 0 Å². The van der Waals surface area contributed by atoms with Crippen LogP contribution in [0.25, 0.3) is 0 Å². The van der Waals surface area contributed by atoms with Gasteiger partial charge >= 0.3 is 0 Å². The van der Waals surface area contributed by atoms with Crippen molar-refractivity contribution < 1.29 is 4.79 Å². The Bertz CT molecular complexity index is 556. The Morgan fingerprint density at radius 3 is 2.60 bits per heavy atom. The minimum absolute atomic E-state index is 0.0518. The molecule has 0 radical (unpaired) electrons. The molecule has 3 nitrogen and oxygen atoms in total. The zero-order valence-corrected chi connectivity index (χ0v) is 12.7. The third kappa shape index (κ3) is 3.92. The first-order chi connectivity index (χ1) is 9.49. The number of amides is 1. The van der Waals surface area contributed by atoms with Gasteiger partial charge in [0.05, 0.1) is 11.9 Å². The van der Waals surface area contributed by atoms with Gasteiger partial charge in [-0.2, -0.15) is 0 Å². The summed E-state index contributed by atoms with van der Waals surface area (Å²) < 4.78 is 0. The molecule has 0 atom stereocenters. The average molecular weight is 270 g/mol. The number of aryl methyl sites for hydroxylation is 1. The second-order valence-corrected chi connectivity index (χ2v) is 4.71. The summed E-state index contributed by atoms with van der Waals surface area (Å²) in [6, 6.07) is 7.56. The second kappa shape index (κ2) is 7.43. The van der Waals surface area contributed by atoms with Gasteiger partial charge in [0.1, 0.15) is 0 Å². The molecule has 20 heavy (non-hydrogen) atoms. The molecule has 106 valence electrons. The van der Waals surface area contributed by atoms with Gasteiger partial charge < -0.3 is 4.90 Å². The highest BCUT2D eigenvalue weighted by Crippen LogP contribution is 2.17. The third-order valence-corrected chi connectivity index (χ3v) is 2.96. The van der Waals surface area contributed by atoms with Crippen molar-refractivity contribution in [1.29, 1.82) is 0 Å². The van der Waals surface area contributed by atoms with E-state index in [0.717, 1.165) is 23.3 Å². The van der Waals surface area contributed by atoms with Crippen LogP contribution in [0.3, 0.4) is 0 Å². The fourth-order valence-electron chi connectivity index (χ4n) is 1.81. The second-order valence-electron chi connectivity index (χ2n) is 4.71. The van der Waals surface area contributed by atoms with Gasteiger partial charge in [-0.15, -0.1) is 0 Å². The van der Waals surface area contributed by atoms with Gasteiger partial charge in [-0.05, 0) is 37.5 Å². The number of rotatable bonds is 5. The van der Waals surface area contributed by atoms with Crippen LogP contribution >= 0.6 is 0 Å². The van der Waals surface area contributed by atoms with E-state index in [9.17, 15) is 4.79 Å². The molecule has 0 fully saturated rings. The van der Waals surface area contributed by atoms with Crippen molar-refractivity contribution >= 4 is 12.1 Å². The standard InChI is InChI=1S/C17H22N2O/c1-6-11-18-12-16(13(2)3)19(5)17(20)15-10-8-7-9-14(15)4/h7-12H,2,6H2,1,3-5H3/b16-12+,18-11-. The fourth-order valence-corrected chi connectivity index (χ4v) is 1.81. The van der Waals surface area contributed by atoms with Crippen molar-refractivity contribution in [1.82, 2.24) is 4.90 Å². The first-order valence-electron chi connectivity index (χ1n) is 6.70. The van der Waals surface area contributed by atoms with Crippen molar-refractivity contribution in [2.24, 2.45) is 4.99 Å². The largest absolute Gasteiger partial charge is 0.310 e. The minimum Gasteiger partial charge on any atom is -0.310 e. The summed E-state index contributed by atoms with van der Waals surface area (Å²) in [5.74, 6) is -0.0518. The van der Waals surface area contributed by atoms with E-state index in [1.807, 2.05) is 45.0 Å². The first kappa shape index (κ1) is 15.9. The lowest BCUT2D eigenvalue weighted by molar-refractivity contribution is 0.0838. The maximum Gasteiger partial charge on any atom is 0.258 e. The predicted molar refractivity (Wildman–Crippen MR) is 85.0 cm³/mol. The molecule has 1 amide bonds. The number of hydrogen-bond acceptors (Lipinski definition) is 2. The number of benzene rings is 1. The van der Waals surface area contributed by atoms with E-state index in [-0.39, 0.29) is 5.91 Å². The maximum absolute atomic E-state index is 12.5. The summed E-state index contributed by atoms with van der Waals surface area (Å²) in [7, 11) is 1.75. The molecule has 1 aromatic carbocycles. The first-order valence-corrected chi connectivity index (χ1v) is 6.70. The predicted octanol–water partition coefficient (Wildman–Crippen LogP) is 3.97. The summed E-state index contributed by atoms with van der Waals surface area (Å²) in [4.78, 5) is 18.3. The fraction of sp³-hybridized carbons (Fsp3) is 0.294. The van der Waals surface area contributed by atoms with Crippen molar-refractivity contribution in [3.05, 3.63) is 59.4 Å². The Morgan fingerprint density at radius 2 is 2.05 bits per heavy atom. The van der Waals surface area contributed by atoms with Crippen LogP contribution in [0.1, 0.15) is 36.2 Å². The number of aliphatic imine (C=N–C) groups is 1. The Kier molecular flexibility index (Phi) is 5.91. The number of allylic oxidation sites excluding steroid dienone is 1. The molecule has 0 aromatic heterocycles. The Morgan fingerprint density at radius 1 is 1.40 bits per heavy atom. The lowest BCUT2D eigenvalue weighted by Gasteiger charge is -2.21. The quantitative estimate of drug-likeness (QED) is 0.588. The molecule has 0 unspecified atom stereocenters. The van der Waals surface area contributed by atoms with E-state index in [2.05, 4.69) is 11.6 Å². The van der Waals surface area contributed by atoms with E-state index in [4.69, 9.17) is 0 Å². The SMILES string of the molecule is C=C(C)/C(=C\N=C/CC)N(C)C(=O)c1ccccc1C. The molecule has 1 aromatic rings. The van der Waals surface area contributed by atoms with Crippen LogP contribution in [0.5, 0.6) is 0 Å². The molecule has 0 saturated heterocycles. The Balaban J connectivity index is 3.07. The van der Waals surface area contributed by atoms with Gasteiger partial charge in [0.15, 0.2) is 0 Å². The number of carbonyl (C=O) groups excluding carboxylic acids is 1. The zero-order valence-electron chi connectivity index (χ0n) is 12.7. The van der Waals surface area contributed by atoms with Crippen LogP contribution in [0.2, 0.25) is 0 Å². The highest BCUT2D eigenvalue weighted by atomic mass is 16.2. The van der Waals surface area contributed by atoms with Gasteiger partial charge in [-0.25, -0.2) is 0 Å². The lowest BCUT2D eigenvalue weighted by Crippen LogP contribution is -2.27. The van der Waals surface area contributed by atoms with E-state index in [1.54, 1.807) is 24.4 Å². The van der Waals surface area contributed by atoms with Crippen molar-refractivity contribution in [2.75, 3.05) is 7.05 Å². The number of nitrogens with zero attached hydrogens (tertiary/aromatic N) is 2. The molecule has 0 spiro atoms. The van der Waals surface area contributed by atoms with Gasteiger partial charge in [0.25, 0.3) is 5.91 Å². The summed E-state index contributed by atoms with van der Waals surface area (Å²) in [6.07, 6.45) is 4.34. The molecule has 3 heteroatoms. The number of likely N-dealkylation sites (N-methyl/N-ethyl adjacent to an activating group) is 1. The molecule has 0 aliphatic carbocycles. The summed E-state index contributed by atoms with van der Waals surface area (Å²) in [6.45, 7) is 9.73. The molecular formula is C17H22N2O. The molecule has 0 heterocycles. The van der Waals surface area contributed by atoms with Crippen LogP contribution in [0, 0.1) is 6.92 Å². The Labute approximate surface area is 121 Å². The zero-order chi connectivity index (χ0) is 15.1. The molecule has 0 N–H and O–H groups in total. The van der Waals surface area contributed by atoms with E-state index >= 15 is 0 Å². The van der Waals surface area contributed by atoms with Crippen LogP contribution in [-0.2, 0) is 0 Å². The minimum atomic E-state index is -0.0518. The van der Waals surface area contributed by atoms with Gasteiger partial charge in [-0.3, -0.25) is 9.79 Å². The molecular weight excluding hydrogens is 248 g/mol. The average Bonchev–Trinajstić information content (AvgIpc) is 2.42. The van der Waals surface area contributed by atoms with Gasteiger partial charge in [0.2, 0.25) is 0 Å². The van der Waals surface area contributed by atoms with Crippen LogP contribution in [0.4, 0.5) is 0 Å². The van der Waals surface area contributed by atoms with Gasteiger partial charge in [-0.1, -0.05) is 31.7 Å². The van der Waals surface area contributed by atoms with E-state index in [0.29, 0.717) is 5.56 Å². The summed E-state index contributed by atoms with van der Waals surface area (Å²) >= 11 is 0. The lowest BCUT2D eigenvalue weighted by atomic mass is 10.1. The summed E-state index contributed by atoms with van der Waals surface area (Å²) in [5, 5.41) is 0. The van der Waals surface area contributed by atoms with Crippen LogP contribution in [0.15, 0.2) is 53.3 Å². The molecule has 0 aliphatic heterocycles. The highest BCUT2D eigenvalue weighted by Gasteiger charge is 2.17. The smallest absolute Gasteiger partial charge is 0.258 e. The normalized spacial score (nSPS) is 11.7. The van der Waals surface area contributed by atoms with Crippen molar-refractivity contribution in [2.45, 2.75) is 27.2 Å². The topological polar surface area (TPSA) is 32.7 Å². The monoisotopic (exact) mass is 270 g/mol. The van der Waals surface area contributed by atoms with Gasteiger partial charge in [0, 0.05) is 18.8 Å². The molecule has 0 aliphatic rings. The van der Waals surface area contributed by atoms with Crippen molar-refractivity contribution in [3.8, 4) is 0 Å². The van der Waals surface area contributed by atoms with Crippen LogP contribution < -0.4 is 0 Å². The number of carbonyl (C=O) groups is 1. The van der Waals surface area contributed by atoms with Crippen molar-refractivity contribution in [3.63, 3.8) is 0 Å². The third-order valence-electron chi connectivity index (χ3n) is 2.96. The molecule has 0 bridgehead atoms. The Hall–Kier alpha value is -2.16.